The van der Waals surface area contributed by atoms with Crippen molar-refractivity contribution in [2.45, 2.75) is 13.8 Å². The molecule has 3 nitrogen and oxygen atoms in total. The average molecular weight is 387 g/mol. The number of aryl methyl sites for hydroxylation is 2. The highest BCUT2D eigenvalue weighted by Gasteiger charge is 2.12. The Bertz CT molecular complexity index is 1250. The number of fused-ring (bicyclic) bond motifs is 1. The average Bonchev–Trinajstić information content (AvgIpc) is 2.92. The predicted molar refractivity (Wildman–Crippen MR) is 117 cm³/mol. The molecule has 1 aromatic heterocycles. The van der Waals surface area contributed by atoms with Crippen molar-refractivity contribution in [3.8, 4) is 5.69 Å². The fourth-order valence-corrected chi connectivity index (χ4v) is 3.42. The second kappa shape index (κ2) is 7.45. The lowest BCUT2D eigenvalue weighted by Gasteiger charge is -2.02. The molecule has 0 atom stereocenters. The Morgan fingerprint density at radius 2 is 1.68 bits per heavy atom. The Morgan fingerprint density at radius 1 is 0.929 bits per heavy atom. The molecule has 0 aliphatic carbocycles. The van der Waals surface area contributed by atoms with Crippen molar-refractivity contribution >= 4 is 34.7 Å². The topological polar surface area (TPSA) is 34.9 Å². The van der Waals surface area contributed by atoms with E-state index in [1.165, 1.54) is 11.1 Å². The maximum Gasteiger partial charge on any atom is 0.204 e. The van der Waals surface area contributed by atoms with Gasteiger partial charge in [-0.05, 0) is 61.4 Å². The minimum absolute atomic E-state index is 0.0754. The van der Waals surface area contributed by atoms with Crippen LogP contribution in [0.15, 0.2) is 71.5 Å². The maximum absolute atomic E-state index is 12.7. The van der Waals surface area contributed by atoms with Gasteiger partial charge in [0, 0.05) is 10.4 Å². The molecule has 0 aliphatic rings. The molecule has 1 heterocycles. The van der Waals surface area contributed by atoms with Crippen LogP contribution in [-0.4, -0.2) is 9.78 Å². The Morgan fingerprint density at radius 3 is 2.43 bits per heavy atom. The van der Waals surface area contributed by atoms with Gasteiger partial charge < -0.3 is 0 Å². The summed E-state index contributed by atoms with van der Waals surface area (Å²) in [6, 6.07) is 20.8. The first-order chi connectivity index (χ1) is 13.5. The van der Waals surface area contributed by atoms with Crippen LogP contribution in [0.2, 0.25) is 5.02 Å². The third-order valence-electron chi connectivity index (χ3n) is 4.72. The van der Waals surface area contributed by atoms with Gasteiger partial charge in [-0.3, -0.25) is 4.79 Å². The molecular weight excluding hydrogens is 368 g/mol. The van der Waals surface area contributed by atoms with Gasteiger partial charge >= 0.3 is 0 Å². The monoisotopic (exact) mass is 386 g/mol. The van der Waals surface area contributed by atoms with Crippen LogP contribution in [0.4, 0.5) is 0 Å². The lowest BCUT2D eigenvalue weighted by Crippen LogP contribution is -2.04. The van der Waals surface area contributed by atoms with E-state index in [4.69, 9.17) is 16.7 Å². The van der Waals surface area contributed by atoms with Crippen LogP contribution in [0.3, 0.4) is 0 Å². The summed E-state index contributed by atoms with van der Waals surface area (Å²) < 4.78 is 1.69. The van der Waals surface area contributed by atoms with Gasteiger partial charge in [0.15, 0.2) is 0 Å². The summed E-state index contributed by atoms with van der Waals surface area (Å²) in [5, 5.41) is 6.18. The van der Waals surface area contributed by atoms with Crippen LogP contribution >= 0.6 is 11.6 Å². The molecule has 3 aromatic carbocycles. The van der Waals surface area contributed by atoms with E-state index in [1.54, 1.807) is 28.9 Å². The van der Waals surface area contributed by atoms with Gasteiger partial charge in [-0.1, -0.05) is 59.6 Å². The lowest BCUT2D eigenvalue weighted by molar-refractivity contribution is 0.902. The molecule has 0 radical (unpaired) electrons. The molecule has 4 aromatic rings. The zero-order valence-corrected chi connectivity index (χ0v) is 16.4. The number of rotatable bonds is 3. The van der Waals surface area contributed by atoms with Gasteiger partial charge in [-0.15, -0.1) is 0 Å². The van der Waals surface area contributed by atoms with Gasteiger partial charge in [-0.2, -0.15) is 5.10 Å². The number of hydrogen-bond donors (Lipinski definition) is 0. The van der Waals surface area contributed by atoms with Gasteiger partial charge in [0.25, 0.3) is 0 Å². The highest BCUT2D eigenvalue weighted by molar-refractivity contribution is 6.30. The van der Waals surface area contributed by atoms with E-state index in [0.717, 1.165) is 22.3 Å². The SMILES string of the molecule is Cc1ccc(/C=C/c2nn(-c3ccc(Cl)cc3)c3c(=O)ccccc23)c(C)c1. The first-order valence-corrected chi connectivity index (χ1v) is 9.44. The van der Waals surface area contributed by atoms with Crippen LogP contribution in [0.5, 0.6) is 0 Å². The van der Waals surface area contributed by atoms with E-state index in [2.05, 4.69) is 32.0 Å². The normalized spacial score (nSPS) is 11.4. The van der Waals surface area contributed by atoms with Crippen molar-refractivity contribution < 1.29 is 0 Å². The van der Waals surface area contributed by atoms with Gasteiger partial charge in [0.1, 0.15) is 5.52 Å². The number of benzene rings is 2. The maximum atomic E-state index is 12.7. The third-order valence-corrected chi connectivity index (χ3v) is 4.97. The van der Waals surface area contributed by atoms with Crippen molar-refractivity contribution in [2.75, 3.05) is 0 Å². The smallest absolute Gasteiger partial charge is 0.204 e. The summed E-state index contributed by atoms with van der Waals surface area (Å²) in [5.41, 5.74) is 5.58. The predicted octanol–water partition coefficient (Wildman–Crippen LogP) is 5.83. The van der Waals surface area contributed by atoms with E-state index in [0.29, 0.717) is 10.5 Å². The van der Waals surface area contributed by atoms with Gasteiger partial charge in [0.2, 0.25) is 5.43 Å². The molecule has 0 fully saturated rings. The first kappa shape index (κ1) is 18.2. The van der Waals surface area contributed by atoms with Crippen molar-refractivity contribution in [3.63, 3.8) is 0 Å². The summed E-state index contributed by atoms with van der Waals surface area (Å²) >= 11 is 6.02. The summed E-state index contributed by atoms with van der Waals surface area (Å²) in [6.07, 6.45) is 4.01. The van der Waals surface area contributed by atoms with Crippen LogP contribution in [0.25, 0.3) is 28.7 Å². The number of hydrogen-bond acceptors (Lipinski definition) is 2. The Balaban J connectivity index is 1.91. The van der Waals surface area contributed by atoms with E-state index in [9.17, 15) is 4.79 Å². The summed E-state index contributed by atoms with van der Waals surface area (Å²) in [6.45, 7) is 4.17. The summed E-state index contributed by atoms with van der Waals surface area (Å²) in [4.78, 5) is 12.7. The zero-order chi connectivity index (χ0) is 19.7. The molecule has 0 unspecified atom stereocenters. The van der Waals surface area contributed by atoms with Crippen molar-refractivity contribution in [1.82, 2.24) is 9.78 Å². The van der Waals surface area contributed by atoms with E-state index >= 15 is 0 Å². The first-order valence-electron chi connectivity index (χ1n) is 9.06. The summed E-state index contributed by atoms with van der Waals surface area (Å²) in [7, 11) is 0. The van der Waals surface area contributed by atoms with Crippen LogP contribution in [0, 0.1) is 13.8 Å². The van der Waals surface area contributed by atoms with Crippen LogP contribution in [0.1, 0.15) is 22.4 Å². The highest BCUT2D eigenvalue weighted by atomic mass is 35.5. The van der Waals surface area contributed by atoms with E-state index < -0.39 is 0 Å². The van der Waals surface area contributed by atoms with Gasteiger partial charge in [-0.25, -0.2) is 4.68 Å². The summed E-state index contributed by atoms with van der Waals surface area (Å²) in [5.74, 6) is 0. The fraction of sp³-hybridized carbons (Fsp3) is 0.0833. The largest absolute Gasteiger partial charge is 0.288 e. The fourth-order valence-electron chi connectivity index (χ4n) is 3.30. The third kappa shape index (κ3) is 3.49. The molecule has 28 heavy (non-hydrogen) atoms. The zero-order valence-electron chi connectivity index (χ0n) is 15.7. The van der Waals surface area contributed by atoms with Crippen molar-refractivity contribution in [1.29, 1.82) is 0 Å². The molecule has 0 N–H and O–H groups in total. The van der Waals surface area contributed by atoms with E-state index in [-0.39, 0.29) is 5.43 Å². The molecule has 4 heteroatoms. The molecule has 4 rings (SSSR count). The molecule has 0 bridgehead atoms. The standard InChI is InChI=1S/C24H19ClN2O/c1-16-7-8-18(17(2)15-16)9-14-22-21-5-3-4-6-23(28)24(21)27(26-22)20-12-10-19(25)11-13-20/h3-15H,1-2H3/b14-9+. The minimum Gasteiger partial charge on any atom is -0.288 e. The number of nitrogens with zero attached hydrogens (tertiary/aromatic N) is 2. The second-order valence-corrected chi connectivity index (χ2v) is 7.25. The minimum atomic E-state index is -0.0754. The Kier molecular flexibility index (Phi) is 4.84. The number of halogens is 1. The van der Waals surface area contributed by atoms with Gasteiger partial charge in [0.05, 0.1) is 11.4 Å². The molecule has 138 valence electrons. The van der Waals surface area contributed by atoms with E-state index in [1.807, 2.05) is 36.4 Å². The molecule has 0 spiro atoms. The molecule has 0 amide bonds. The quantitative estimate of drug-likeness (QED) is 0.444. The number of aromatic nitrogens is 2. The lowest BCUT2D eigenvalue weighted by atomic mass is 10.0. The Hall–Kier alpha value is -3.17. The van der Waals surface area contributed by atoms with Crippen LogP contribution < -0.4 is 5.43 Å². The van der Waals surface area contributed by atoms with Crippen LogP contribution in [-0.2, 0) is 0 Å². The Labute approximate surface area is 168 Å². The second-order valence-electron chi connectivity index (χ2n) is 6.81. The van der Waals surface area contributed by atoms with Crippen molar-refractivity contribution in [3.05, 3.63) is 104 Å². The molecule has 0 saturated carbocycles. The molecule has 0 saturated heterocycles. The van der Waals surface area contributed by atoms with Crippen molar-refractivity contribution in [2.24, 2.45) is 0 Å². The molecular formula is C24H19ClN2O. The molecule has 0 aliphatic heterocycles. The highest BCUT2D eigenvalue weighted by Crippen LogP contribution is 2.23.